The number of rotatable bonds is 7. The largest absolute Gasteiger partial charge is 0.489 e. The fraction of sp³-hybridized carbons (Fsp3) is 0.545. The number of carboxylic acids is 1. The van der Waals surface area contributed by atoms with Gasteiger partial charge in [0.05, 0.1) is 6.61 Å². The van der Waals surface area contributed by atoms with Gasteiger partial charge in [0, 0.05) is 4.88 Å². The van der Waals surface area contributed by atoms with Crippen molar-refractivity contribution in [2.75, 3.05) is 19.8 Å². The number of hydrogen-bond donors (Lipinski definition) is 1. The van der Waals surface area contributed by atoms with Gasteiger partial charge < -0.3 is 14.6 Å². The summed E-state index contributed by atoms with van der Waals surface area (Å²) in [6.07, 6.45) is -3.71. The van der Waals surface area contributed by atoms with Crippen molar-refractivity contribution in [3.05, 3.63) is 15.8 Å². The Balaban J connectivity index is 2.44. The second-order valence-corrected chi connectivity index (χ2v) is 4.72. The molecule has 1 N–H and O–H groups in total. The lowest BCUT2D eigenvalue weighted by molar-refractivity contribution is -0.175. The van der Waals surface area contributed by atoms with E-state index in [2.05, 4.69) is 4.74 Å². The average Bonchev–Trinajstić information content (AvgIpc) is 2.70. The molecule has 0 radical (unpaired) electrons. The molecule has 1 heterocycles. The average molecular weight is 298 g/mol. The SMILES string of the molecule is CCc1cc(OCCOCC(F)(F)F)c(C(=O)O)s1. The van der Waals surface area contributed by atoms with Gasteiger partial charge in [-0.25, -0.2) is 4.79 Å². The molecule has 0 unspecified atom stereocenters. The van der Waals surface area contributed by atoms with E-state index in [1.165, 1.54) is 0 Å². The summed E-state index contributed by atoms with van der Waals surface area (Å²) in [6.45, 7) is 0.145. The van der Waals surface area contributed by atoms with E-state index in [4.69, 9.17) is 9.84 Å². The van der Waals surface area contributed by atoms with Gasteiger partial charge in [-0.3, -0.25) is 0 Å². The van der Waals surface area contributed by atoms with Crippen molar-refractivity contribution in [1.29, 1.82) is 0 Å². The normalized spacial score (nSPS) is 11.6. The second kappa shape index (κ2) is 6.76. The van der Waals surface area contributed by atoms with Crippen LogP contribution in [-0.4, -0.2) is 37.1 Å². The standard InChI is InChI=1S/C11H13F3O4S/c1-2-7-5-8(9(19-7)10(15)16)18-4-3-17-6-11(12,13)14/h5H,2-4,6H2,1H3,(H,15,16). The van der Waals surface area contributed by atoms with E-state index in [0.29, 0.717) is 6.42 Å². The monoisotopic (exact) mass is 298 g/mol. The van der Waals surface area contributed by atoms with Crippen molar-refractivity contribution in [1.82, 2.24) is 0 Å². The number of thiophene rings is 1. The van der Waals surface area contributed by atoms with Crippen LogP contribution in [0.2, 0.25) is 0 Å². The quantitative estimate of drug-likeness (QED) is 0.786. The topological polar surface area (TPSA) is 55.8 Å². The number of hydrogen-bond acceptors (Lipinski definition) is 4. The molecule has 108 valence electrons. The van der Waals surface area contributed by atoms with Gasteiger partial charge in [0.25, 0.3) is 0 Å². The Morgan fingerprint density at radius 3 is 2.63 bits per heavy atom. The summed E-state index contributed by atoms with van der Waals surface area (Å²) in [6, 6.07) is 1.58. The molecule has 1 rings (SSSR count). The van der Waals surface area contributed by atoms with Crippen LogP contribution < -0.4 is 4.74 Å². The highest BCUT2D eigenvalue weighted by atomic mass is 32.1. The van der Waals surface area contributed by atoms with Gasteiger partial charge in [0.2, 0.25) is 0 Å². The van der Waals surface area contributed by atoms with Crippen molar-refractivity contribution in [3.63, 3.8) is 0 Å². The van der Waals surface area contributed by atoms with Crippen molar-refractivity contribution in [3.8, 4) is 5.75 Å². The van der Waals surface area contributed by atoms with Gasteiger partial charge >= 0.3 is 12.1 Å². The molecule has 0 aliphatic heterocycles. The maximum absolute atomic E-state index is 11.8. The lowest BCUT2D eigenvalue weighted by Crippen LogP contribution is -2.19. The van der Waals surface area contributed by atoms with E-state index in [1.807, 2.05) is 6.92 Å². The molecule has 0 amide bonds. The predicted molar refractivity (Wildman–Crippen MR) is 63.0 cm³/mol. The van der Waals surface area contributed by atoms with Gasteiger partial charge in [-0.1, -0.05) is 6.92 Å². The molecule has 4 nitrogen and oxygen atoms in total. The first kappa shape index (κ1) is 15.8. The number of aromatic carboxylic acids is 1. The minimum Gasteiger partial charge on any atom is -0.489 e. The number of carboxylic acid groups (broad SMARTS) is 1. The molecule has 8 heteroatoms. The van der Waals surface area contributed by atoms with Gasteiger partial charge in [0.1, 0.15) is 19.0 Å². The zero-order valence-corrected chi connectivity index (χ0v) is 10.9. The van der Waals surface area contributed by atoms with Crippen LogP contribution in [0.25, 0.3) is 0 Å². The summed E-state index contributed by atoms with van der Waals surface area (Å²) < 4.78 is 44.8. The van der Waals surface area contributed by atoms with E-state index in [-0.39, 0.29) is 23.8 Å². The molecule has 0 fully saturated rings. The van der Waals surface area contributed by atoms with Crippen LogP contribution in [0.3, 0.4) is 0 Å². The zero-order valence-electron chi connectivity index (χ0n) is 10.1. The lowest BCUT2D eigenvalue weighted by Gasteiger charge is -2.08. The highest BCUT2D eigenvalue weighted by molar-refractivity contribution is 7.14. The molecule has 0 aliphatic carbocycles. The summed E-state index contributed by atoms with van der Waals surface area (Å²) in [4.78, 5) is 11.8. The van der Waals surface area contributed by atoms with E-state index in [0.717, 1.165) is 16.2 Å². The Labute approximate surface area is 111 Å². The molecule has 0 aliphatic rings. The van der Waals surface area contributed by atoms with Crippen molar-refractivity contribution in [2.24, 2.45) is 0 Å². The van der Waals surface area contributed by atoms with Gasteiger partial charge in [-0.15, -0.1) is 11.3 Å². The summed E-state index contributed by atoms with van der Waals surface area (Å²) >= 11 is 1.09. The molecule has 0 atom stereocenters. The van der Waals surface area contributed by atoms with E-state index < -0.39 is 18.8 Å². The van der Waals surface area contributed by atoms with Crippen molar-refractivity contribution in [2.45, 2.75) is 19.5 Å². The van der Waals surface area contributed by atoms with Gasteiger partial charge in [-0.05, 0) is 12.5 Å². The van der Waals surface area contributed by atoms with Crippen LogP contribution in [0, 0.1) is 0 Å². The minimum atomic E-state index is -4.37. The number of halogens is 3. The molecule has 0 saturated heterocycles. The minimum absolute atomic E-state index is 0.0488. The highest BCUT2D eigenvalue weighted by Crippen LogP contribution is 2.29. The molecule has 1 aromatic rings. The van der Waals surface area contributed by atoms with Crippen molar-refractivity contribution >= 4 is 17.3 Å². The van der Waals surface area contributed by atoms with Crippen LogP contribution in [0.1, 0.15) is 21.5 Å². The van der Waals surface area contributed by atoms with Crippen LogP contribution in [0.5, 0.6) is 5.75 Å². The van der Waals surface area contributed by atoms with E-state index in [1.54, 1.807) is 6.07 Å². The fourth-order valence-corrected chi connectivity index (χ4v) is 2.13. The first-order valence-corrected chi connectivity index (χ1v) is 6.28. The van der Waals surface area contributed by atoms with Crippen molar-refractivity contribution < 1.29 is 32.5 Å². The molecule has 0 aromatic carbocycles. The number of ether oxygens (including phenoxy) is 2. The number of carbonyl (C=O) groups is 1. The third-order valence-corrected chi connectivity index (χ3v) is 3.29. The number of alkyl halides is 3. The van der Waals surface area contributed by atoms with Crippen LogP contribution in [0.4, 0.5) is 13.2 Å². The third-order valence-electron chi connectivity index (χ3n) is 2.04. The van der Waals surface area contributed by atoms with Crippen LogP contribution in [0.15, 0.2) is 6.07 Å². The Bertz CT molecular complexity index is 428. The summed E-state index contributed by atoms with van der Waals surface area (Å²) in [5, 5.41) is 8.93. The molecule has 19 heavy (non-hydrogen) atoms. The third kappa shape index (κ3) is 5.48. The molecular weight excluding hydrogens is 285 g/mol. The lowest BCUT2D eigenvalue weighted by atomic mass is 10.3. The molecule has 0 saturated carbocycles. The highest BCUT2D eigenvalue weighted by Gasteiger charge is 2.27. The van der Waals surface area contributed by atoms with Crippen LogP contribution >= 0.6 is 11.3 Å². The Kier molecular flexibility index (Phi) is 5.61. The molecule has 0 bridgehead atoms. The zero-order chi connectivity index (χ0) is 14.5. The fourth-order valence-electron chi connectivity index (χ4n) is 1.25. The van der Waals surface area contributed by atoms with E-state index >= 15 is 0 Å². The molecule has 1 aromatic heterocycles. The Morgan fingerprint density at radius 1 is 1.42 bits per heavy atom. The maximum atomic E-state index is 11.8. The molecule has 0 spiro atoms. The first-order valence-electron chi connectivity index (χ1n) is 5.46. The number of aryl methyl sites for hydroxylation is 1. The van der Waals surface area contributed by atoms with Gasteiger partial charge in [0.15, 0.2) is 4.88 Å². The first-order chi connectivity index (χ1) is 8.83. The maximum Gasteiger partial charge on any atom is 0.411 e. The van der Waals surface area contributed by atoms with E-state index in [9.17, 15) is 18.0 Å². The predicted octanol–water partition coefficient (Wildman–Crippen LogP) is 2.97. The second-order valence-electron chi connectivity index (χ2n) is 3.58. The van der Waals surface area contributed by atoms with Gasteiger partial charge in [-0.2, -0.15) is 13.2 Å². The molecular formula is C11H13F3O4S. The van der Waals surface area contributed by atoms with Crippen LogP contribution in [-0.2, 0) is 11.2 Å². The summed E-state index contributed by atoms with van der Waals surface area (Å²) in [5.41, 5.74) is 0. The Morgan fingerprint density at radius 2 is 2.11 bits per heavy atom. The smallest absolute Gasteiger partial charge is 0.411 e. The summed E-state index contributed by atoms with van der Waals surface area (Å²) in [5.74, 6) is -0.944. The Hall–Kier alpha value is -1.28. The summed E-state index contributed by atoms with van der Waals surface area (Å²) in [7, 11) is 0.